The lowest BCUT2D eigenvalue weighted by molar-refractivity contribution is 0.104. The Morgan fingerprint density at radius 1 is 1.16 bits per heavy atom. The molecular formula is C16H12BrNO. The maximum absolute atomic E-state index is 12.5. The molecule has 0 unspecified atom stereocenters. The average Bonchev–Trinajstić information content (AvgIpc) is 2.80. The summed E-state index contributed by atoms with van der Waals surface area (Å²) in [7, 11) is 0. The van der Waals surface area contributed by atoms with Crippen molar-refractivity contribution >= 4 is 32.6 Å². The smallest absolute Gasteiger partial charge is 0.195 e. The lowest BCUT2D eigenvalue weighted by Gasteiger charge is -2.01. The zero-order valence-corrected chi connectivity index (χ0v) is 12.0. The first-order chi connectivity index (χ1) is 9.15. The van der Waals surface area contributed by atoms with Gasteiger partial charge in [-0.3, -0.25) is 4.79 Å². The van der Waals surface area contributed by atoms with Crippen LogP contribution in [0.25, 0.3) is 10.9 Å². The van der Waals surface area contributed by atoms with Crippen LogP contribution < -0.4 is 0 Å². The van der Waals surface area contributed by atoms with Gasteiger partial charge in [0.05, 0.1) is 0 Å². The number of aromatic amines is 1. The summed E-state index contributed by atoms with van der Waals surface area (Å²) >= 11 is 3.44. The topological polar surface area (TPSA) is 32.9 Å². The van der Waals surface area contributed by atoms with E-state index in [1.807, 2.05) is 49.4 Å². The fourth-order valence-electron chi connectivity index (χ4n) is 2.22. The van der Waals surface area contributed by atoms with E-state index < -0.39 is 0 Å². The average molecular weight is 314 g/mol. The number of ketones is 1. The van der Waals surface area contributed by atoms with E-state index in [0.717, 1.165) is 26.5 Å². The van der Waals surface area contributed by atoms with E-state index in [1.165, 1.54) is 0 Å². The fraction of sp³-hybridized carbons (Fsp3) is 0.0625. The van der Waals surface area contributed by atoms with Crippen LogP contribution in [0.4, 0.5) is 0 Å². The summed E-state index contributed by atoms with van der Waals surface area (Å²) in [4.78, 5) is 15.7. The van der Waals surface area contributed by atoms with Crippen LogP contribution in [0.1, 0.15) is 21.5 Å². The SMILES string of the molecule is Cc1cccc(C(=O)c2c[nH]c3ccc(Br)cc23)c1. The van der Waals surface area contributed by atoms with Gasteiger partial charge in [-0.25, -0.2) is 0 Å². The zero-order valence-electron chi connectivity index (χ0n) is 10.4. The minimum Gasteiger partial charge on any atom is -0.360 e. The summed E-state index contributed by atoms with van der Waals surface area (Å²) in [6.45, 7) is 1.99. The van der Waals surface area contributed by atoms with Crippen LogP contribution in [-0.2, 0) is 0 Å². The van der Waals surface area contributed by atoms with E-state index in [-0.39, 0.29) is 5.78 Å². The van der Waals surface area contributed by atoms with Crippen LogP contribution in [0.3, 0.4) is 0 Å². The number of H-pyrrole nitrogens is 1. The Kier molecular flexibility index (Phi) is 2.99. The van der Waals surface area contributed by atoms with E-state index in [4.69, 9.17) is 0 Å². The van der Waals surface area contributed by atoms with Gasteiger partial charge in [0.2, 0.25) is 0 Å². The molecule has 0 aliphatic heterocycles. The highest BCUT2D eigenvalue weighted by Gasteiger charge is 2.14. The summed E-state index contributed by atoms with van der Waals surface area (Å²) in [5.74, 6) is 0.0491. The van der Waals surface area contributed by atoms with Crippen molar-refractivity contribution < 1.29 is 4.79 Å². The molecule has 1 N–H and O–H groups in total. The normalized spacial score (nSPS) is 10.8. The third kappa shape index (κ3) is 2.22. The first-order valence-electron chi connectivity index (χ1n) is 6.03. The summed E-state index contributed by atoms with van der Waals surface area (Å²) in [5.41, 5.74) is 3.49. The number of carbonyl (C=O) groups is 1. The van der Waals surface area contributed by atoms with E-state index >= 15 is 0 Å². The quantitative estimate of drug-likeness (QED) is 0.696. The highest BCUT2D eigenvalue weighted by Crippen LogP contribution is 2.24. The second kappa shape index (κ2) is 4.67. The molecular weight excluding hydrogens is 302 g/mol. The molecule has 0 saturated heterocycles. The van der Waals surface area contributed by atoms with Crippen LogP contribution >= 0.6 is 15.9 Å². The number of halogens is 1. The molecule has 0 radical (unpaired) electrons. The van der Waals surface area contributed by atoms with Crippen molar-refractivity contribution in [3.63, 3.8) is 0 Å². The van der Waals surface area contributed by atoms with Gasteiger partial charge >= 0.3 is 0 Å². The van der Waals surface area contributed by atoms with Gasteiger partial charge in [0.25, 0.3) is 0 Å². The van der Waals surface area contributed by atoms with E-state index in [0.29, 0.717) is 5.56 Å². The molecule has 19 heavy (non-hydrogen) atoms. The first kappa shape index (κ1) is 12.2. The maximum atomic E-state index is 12.5. The number of hydrogen-bond acceptors (Lipinski definition) is 1. The molecule has 0 fully saturated rings. The minimum absolute atomic E-state index is 0.0491. The van der Waals surface area contributed by atoms with Crippen LogP contribution in [0.2, 0.25) is 0 Å². The fourth-order valence-corrected chi connectivity index (χ4v) is 2.58. The molecule has 2 nitrogen and oxygen atoms in total. The van der Waals surface area contributed by atoms with Gasteiger partial charge < -0.3 is 4.98 Å². The summed E-state index contributed by atoms with van der Waals surface area (Å²) in [6, 6.07) is 13.6. The Balaban J connectivity index is 2.14. The van der Waals surface area contributed by atoms with E-state index in [2.05, 4.69) is 20.9 Å². The van der Waals surface area contributed by atoms with Gasteiger partial charge in [-0.1, -0.05) is 39.7 Å². The molecule has 0 aliphatic rings. The maximum Gasteiger partial charge on any atom is 0.195 e. The van der Waals surface area contributed by atoms with Crippen molar-refractivity contribution in [2.75, 3.05) is 0 Å². The highest BCUT2D eigenvalue weighted by molar-refractivity contribution is 9.10. The highest BCUT2D eigenvalue weighted by atomic mass is 79.9. The largest absolute Gasteiger partial charge is 0.360 e. The number of benzene rings is 2. The second-order valence-electron chi connectivity index (χ2n) is 4.59. The molecule has 0 spiro atoms. The van der Waals surface area contributed by atoms with Gasteiger partial charge in [0.15, 0.2) is 5.78 Å². The second-order valence-corrected chi connectivity index (χ2v) is 5.51. The van der Waals surface area contributed by atoms with Crippen molar-refractivity contribution in [1.29, 1.82) is 0 Å². The summed E-state index contributed by atoms with van der Waals surface area (Å²) in [5, 5.41) is 0.945. The van der Waals surface area contributed by atoms with E-state index in [9.17, 15) is 4.79 Å². The van der Waals surface area contributed by atoms with Gasteiger partial charge in [-0.05, 0) is 31.2 Å². The molecule has 0 saturated carbocycles. The number of rotatable bonds is 2. The van der Waals surface area contributed by atoms with Gasteiger partial charge in [0, 0.05) is 32.7 Å². The number of hydrogen-bond donors (Lipinski definition) is 1. The number of fused-ring (bicyclic) bond motifs is 1. The van der Waals surface area contributed by atoms with Crippen molar-refractivity contribution in [2.24, 2.45) is 0 Å². The number of aryl methyl sites for hydroxylation is 1. The standard InChI is InChI=1S/C16H12BrNO/c1-10-3-2-4-11(7-10)16(19)14-9-18-15-6-5-12(17)8-13(14)15/h2-9,18H,1H3. The molecule has 1 aromatic heterocycles. The zero-order chi connectivity index (χ0) is 13.4. The van der Waals surface area contributed by atoms with Gasteiger partial charge in [0.1, 0.15) is 0 Å². The van der Waals surface area contributed by atoms with Gasteiger partial charge in [-0.15, -0.1) is 0 Å². The Morgan fingerprint density at radius 3 is 2.79 bits per heavy atom. The minimum atomic E-state index is 0.0491. The lowest BCUT2D eigenvalue weighted by atomic mass is 10.0. The molecule has 3 aromatic rings. The molecule has 3 rings (SSSR count). The molecule has 0 atom stereocenters. The predicted octanol–water partition coefficient (Wildman–Crippen LogP) is 4.47. The molecule has 3 heteroatoms. The van der Waals surface area contributed by atoms with Crippen LogP contribution in [0.5, 0.6) is 0 Å². The van der Waals surface area contributed by atoms with Crippen LogP contribution in [-0.4, -0.2) is 10.8 Å². The Morgan fingerprint density at radius 2 is 2.00 bits per heavy atom. The van der Waals surface area contributed by atoms with Crippen molar-refractivity contribution in [3.05, 3.63) is 69.8 Å². The number of nitrogens with one attached hydrogen (secondary N) is 1. The Bertz CT molecular complexity index is 773. The lowest BCUT2D eigenvalue weighted by Crippen LogP contribution is -2.00. The Hall–Kier alpha value is -1.87. The summed E-state index contributed by atoms with van der Waals surface area (Å²) < 4.78 is 0.970. The Labute approximate surface area is 119 Å². The number of carbonyl (C=O) groups excluding carboxylic acids is 1. The van der Waals surface area contributed by atoms with Gasteiger partial charge in [-0.2, -0.15) is 0 Å². The monoisotopic (exact) mass is 313 g/mol. The van der Waals surface area contributed by atoms with Crippen molar-refractivity contribution in [1.82, 2.24) is 4.98 Å². The van der Waals surface area contributed by atoms with Crippen LogP contribution in [0.15, 0.2) is 53.1 Å². The predicted molar refractivity (Wildman–Crippen MR) is 80.6 cm³/mol. The summed E-state index contributed by atoms with van der Waals surface area (Å²) in [6.07, 6.45) is 1.78. The third-order valence-electron chi connectivity index (χ3n) is 3.17. The van der Waals surface area contributed by atoms with E-state index in [1.54, 1.807) is 6.20 Å². The first-order valence-corrected chi connectivity index (χ1v) is 6.82. The molecule has 2 aromatic carbocycles. The van der Waals surface area contributed by atoms with Crippen LogP contribution in [0, 0.1) is 6.92 Å². The van der Waals surface area contributed by atoms with Crippen molar-refractivity contribution in [3.8, 4) is 0 Å². The molecule has 0 bridgehead atoms. The molecule has 1 heterocycles. The van der Waals surface area contributed by atoms with Crippen molar-refractivity contribution in [2.45, 2.75) is 6.92 Å². The molecule has 0 aliphatic carbocycles. The number of aromatic nitrogens is 1. The third-order valence-corrected chi connectivity index (χ3v) is 3.66. The molecule has 94 valence electrons. The molecule has 0 amide bonds.